The number of hydrogen-bond acceptors (Lipinski definition) is 4. The fourth-order valence-electron chi connectivity index (χ4n) is 3.48. The predicted octanol–water partition coefficient (Wildman–Crippen LogP) is 3.57. The number of aromatic nitrogens is 1. The van der Waals surface area contributed by atoms with Crippen molar-refractivity contribution in [3.8, 4) is 0 Å². The molecule has 7 heteroatoms. The van der Waals surface area contributed by atoms with E-state index in [1.807, 2.05) is 42.5 Å². The zero-order chi connectivity index (χ0) is 19.5. The van der Waals surface area contributed by atoms with E-state index < -0.39 is 0 Å². The summed E-state index contributed by atoms with van der Waals surface area (Å²) < 4.78 is 6.75. The number of halogens is 1. The first-order chi connectivity index (χ1) is 13.6. The second-order valence-electron chi connectivity index (χ2n) is 6.86. The normalized spacial score (nSPS) is 16.9. The van der Waals surface area contributed by atoms with Crippen LogP contribution in [-0.4, -0.2) is 41.3 Å². The van der Waals surface area contributed by atoms with Gasteiger partial charge in [-0.3, -0.25) is 9.59 Å². The Hall–Kier alpha value is -2.42. The fourth-order valence-corrected chi connectivity index (χ4v) is 4.11. The quantitative estimate of drug-likeness (QED) is 0.569. The molecule has 6 nitrogen and oxygen atoms in total. The molecule has 1 fully saturated rings. The van der Waals surface area contributed by atoms with E-state index in [1.54, 1.807) is 11.0 Å². The van der Waals surface area contributed by atoms with E-state index in [1.165, 1.54) is 0 Å². The maximum Gasteiger partial charge on any atom is 0.252 e. The maximum atomic E-state index is 12.6. The van der Waals surface area contributed by atoms with Crippen molar-refractivity contribution in [3.05, 3.63) is 63.6 Å². The number of likely N-dealkylation sites (tertiary alicyclic amines) is 1. The highest BCUT2D eigenvalue weighted by atomic mass is 127. The topological polar surface area (TPSA) is 75.4 Å². The van der Waals surface area contributed by atoms with Gasteiger partial charge in [0.05, 0.1) is 18.0 Å². The van der Waals surface area contributed by atoms with Crippen LogP contribution in [0.2, 0.25) is 0 Å². The summed E-state index contributed by atoms with van der Waals surface area (Å²) in [5.74, 6) is 0.448. The first kappa shape index (κ1) is 18.9. The number of carbonyl (C=O) groups is 2. The Morgan fingerprint density at radius 2 is 1.96 bits per heavy atom. The van der Waals surface area contributed by atoms with Gasteiger partial charge in [-0.15, -0.1) is 0 Å². The average Bonchev–Trinajstić information content (AvgIpc) is 3.16. The second-order valence-corrected chi connectivity index (χ2v) is 8.02. The van der Waals surface area contributed by atoms with Crippen molar-refractivity contribution in [1.82, 2.24) is 15.2 Å². The molecule has 2 amide bonds. The number of rotatable bonds is 4. The first-order valence-electron chi connectivity index (χ1n) is 9.28. The van der Waals surface area contributed by atoms with Crippen molar-refractivity contribution >= 4 is 45.5 Å². The van der Waals surface area contributed by atoms with Crippen molar-refractivity contribution in [2.45, 2.75) is 18.8 Å². The van der Waals surface area contributed by atoms with Gasteiger partial charge in [-0.1, -0.05) is 24.3 Å². The fraction of sp³-hybridized carbons (Fsp3) is 0.286. The molecule has 1 N–H and O–H groups in total. The van der Waals surface area contributed by atoms with E-state index in [0.29, 0.717) is 24.5 Å². The average molecular weight is 489 g/mol. The molecule has 0 aliphatic carbocycles. The number of carbonyl (C=O) groups excluding carboxylic acids is 2. The number of fused-ring (bicyclic) bond motifs is 1. The van der Waals surface area contributed by atoms with E-state index in [0.717, 1.165) is 27.5 Å². The summed E-state index contributed by atoms with van der Waals surface area (Å²) in [7, 11) is 0. The van der Waals surface area contributed by atoms with E-state index in [2.05, 4.69) is 32.9 Å². The number of hydrogen-bond donors (Lipinski definition) is 1. The van der Waals surface area contributed by atoms with Crippen LogP contribution in [0.3, 0.4) is 0 Å². The van der Waals surface area contributed by atoms with Crippen molar-refractivity contribution in [1.29, 1.82) is 0 Å². The lowest BCUT2D eigenvalue weighted by Crippen LogP contribution is -2.44. The van der Waals surface area contributed by atoms with Crippen LogP contribution in [0.25, 0.3) is 11.1 Å². The van der Waals surface area contributed by atoms with Gasteiger partial charge in [-0.25, -0.2) is 4.98 Å². The molecular formula is C21H20IN3O3. The molecule has 1 aromatic heterocycles. The SMILES string of the molecule is O=C(NCC(=O)N1CCCC(c2nc3ccccc3o2)C1)c1ccccc1I. The highest BCUT2D eigenvalue weighted by molar-refractivity contribution is 14.1. The van der Waals surface area contributed by atoms with Crippen LogP contribution in [0.1, 0.15) is 35.0 Å². The summed E-state index contributed by atoms with van der Waals surface area (Å²) in [5, 5.41) is 2.74. The van der Waals surface area contributed by atoms with Gasteiger partial charge in [0, 0.05) is 16.7 Å². The summed E-state index contributed by atoms with van der Waals surface area (Å²) in [6, 6.07) is 15.0. The predicted molar refractivity (Wildman–Crippen MR) is 114 cm³/mol. The van der Waals surface area contributed by atoms with Crippen LogP contribution >= 0.6 is 22.6 Å². The lowest BCUT2D eigenvalue weighted by molar-refractivity contribution is -0.131. The summed E-state index contributed by atoms with van der Waals surface area (Å²) in [5.41, 5.74) is 2.19. The standard InChI is InChI=1S/C21H20IN3O3/c22-16-8-2-1-7-15(16)20(27)23-12-19(26)25-11-5-6-14(13-25)21-24-17-9-3-4-10-18(17)28-21/h1-4,7-10,14H,5-6,11-13H2,(H,23,27). The Morgan fingerprint density at radius 3 is 2.79 bits per heavy atom. The molecule has 1 saturated heterocycles. The van der Waals surface area contributed by atoms with Gasteiger partial charge in [-0.05, 0) is 59.7 Å². The van der Waals surface area contributed by atoms with Gasteiger partial charge < -0.3 is 14.6 Å². The Kier molecular flexibility index (Phi) is 5.61. The summed E-state index contributed by atoms with van der Waals surface area (Å²) in [6.45, 7) is 1.24. The van der Waals surface area contributed by atoms with Crippen LogP contribution in [0.4, 0.5) is 0 Å². The number of piperidine rings is 1. The first-order valence-corrected chi connectivity index (χ1v) is 10.4. The lowest BCUT2D eigenvalue weighted by atomic mass is 9.98. The number of amides is 2. The van der Waals surface area contributed by atoms with Crippen molar-refractivity contribution in [2.75, 3.05) is 19.6 Å². The Balaban J connectivity index is 1.38. The largest absolute Gasteiger partial charge is 0.440 e. The molecule has 28 heavy (non-hydrogen) atoms. The van der Waals surface area contributed by atoms with E-state index in [4.69, 9.17) is 4.42 Å². The van der Waals surface area contributed by atoms with E-state index in [9.17, 15) is 9.59 Å². The third-order valence-electron chi connectivity index (χ3n) is 4.95. The molecule has 0 radical (unpaired) electrons. The molecule has 4 rings (SSSR count). The number of nitrogens with one attached hydrogen (secondary N) is 1. The molecule has 144 valence electrons. The molecule has 0 bridgehead atoms. The lowest BCUT2D eigenvalue weighted by Gasteiger charge is -2.31. The van der Waals surface area contributed by atoms with Crippen molar-refractivity contribution in [2.24, 2.45) is 0 Å². The molecule has 1 unspecified atom stereocenters. The van der Waals surface area contributed by atoms with E-state index in [-0.39, 0.29) is 24.3 Å². The number of benzene rings is 2. The minimum absolute atomic E-state index is 0.00983. The zero-order valence-electron chi connectivity index (χ0n) is 15.2. The van der Waals surface area contributed by atoms with Crippen molar-refractivity contribution in [3.63, 3.8) is 0 Å². The summed E-state index contributed by atoms with van der Waals surface area (Å²) in [4.78, 5) is 31.3. The molecule has 0 saturated carbocycles. The Morgan fingerprint density at radius 1 is 1.18 bits per heavy atom. The van der Waals surface area contributed by atoms with Crippen LogP contribution in [0.5, 0.6) is 0 Å². The molecule has 3 aromatic rings. The van der Waals surface area contributed by atoms with Gasteiger partial charge >= 0.3 is 0 Å². The third-order valence-corrected chi connectivity index (χ3v) is 5.89. The van der Waals surface area contributed by atoms with Gasteiger partial charge in [0.25, 0.3) is 5.91 Å². The molecule has 2 heterocycles. The minimum atomic E-state index is -0.231. The molecule has 1 atom stereocenters. The molecule has 2 aromatic carbocycles. The highest BCUT2D eigenvalue weighted by Gasteiger charge is 2.28. The monoisotopic (exact) mass is 489 g/mol. The molecular weight excluding hydrogens is 469 g/mol. The van der Waals surface area contributed by atoms with Gasteiger partial charge in [0.1, 0.15) is 5.52 Å². The summed E-state index contributed by atoms with van der Waals surface area (Å²) in [6.07, 6.45) is 1.82. The van der Waals surface area contributed by atoms with Crippen LogP contribution in [0, 0.1) is 3.57 Å². The number of nitrogens with zero attached hydrogens (tertiary/aromatic N) is 2. The Labute approximate surface area is 176 Å². The van der Waals surface area contributed by atoms with Gasteiger partial charge in [0.2, 0.25) is 5.91 Å². The smallest absolute Gasteiger partial charge is 0.252 e. The Bertz CT molecular complexity index is 984. The number of para-hydroxylation sites is 2. The van der Waals surface area contributed by atoms with E-state index >= 15 is 0 Å². The van der Waals surface area contributed by atoms with Gasteiger partial charge in [-0.2, -0.15) is 0 Å². The molecule has 0 spiro atoms. The van der Waals surface area contributed by atoms with Crippen LogP contribution < -0.4 is 5.32 Å². The third kappa shape index (κ3) is 4.04. The zero-order valence-corrected chi connectivity index (χ0v) is 17.4. The second kappa shape index (κ2) is 8.30. The summed E-state index contributed by atoms with van der Waals surface area (Å²) >= 11 is 2.12. The maximum absolute atomic E-state index is 12.6. The molecule has 1 aliphatic heterocycles. The minimum Gasteiger partial charge on any atom is -0.440 e. The molecule has 1 aliphatic rings. The number of oxazole rings is 1. The highest BCUT2D eigenvalue weighted by Crippen LogP contribution is 2.28. The van der Waals surface area contributed by atoms with Crippen LogP contribution in [-0.2, 0) is 4.79 Å². The van der Waals surface area contributed by atoms with Crippen molar-refractivity contribution < 1.29 is 14.0 Å². The van der Waals surface area contributed by atoms with Crippen LogP contribution in [0.15, 0.2) is 52.9 Å². The van der Waals surface area contributed by atoms with Gasteiger partial charge in [0.15, 0.2) is 11.5 Å².